The number of hydrogen-bond donors (Lipinski definition) is 0. The zero-order valence-corrected chi connectivity index (χ0v) is 20.0. The second-order valence-electron chi connectivity index (χ2n) is 8.50. The first-order valence-electron chi connectivity index (χ1n) is 24.8. The Morgan fingerprint density at radius 3 is 1.35 bits per heavy atom. The van der Waals surface area contributed by atoms with Crippen LogP contribution in [0.5, 0.6) is 0 Å². The van der Waals surface area contributed by atoms with E-state index in [0.717, 1.165) is 0 Å². The molecule has 8 aromatic rings. The van der Waals surface area contributed by atoms with Crippen LogP contribution >= 0.6 is 0 Å². The van der Waals surface area contributed by atoms with Gasteiger partial charge < -0.3 is 0 Å². The molecule has 0 radical (unpaired) electrons. The fourth-order valence-electron chi connectivity index (χ4n) is 4.59. The van der Waals surface area contributed by atoms with E-state index in [4.69, 9.17) is 23.3 Å². The van der Waals surface area contributed by atoms with E-state index in [0.29, 0.717) is 0 Å². The number of rotatable bonds is 3. The molecular formula is C40H26. The van der Waals surface area contributed by atoms with E-state index in [1.54, 1.807) is 0 Å². The maximum atomic E-state index is 9.60. The smallest absolute Gasteiger partial charge is 0.0622 e. The van der Waals surface area contributed by atoms with Gasteiger partial charge in [0.05, 0.1) is 35.6 Å². The lowest BCUT2D eigenvalue weighted by atomic mass is 9.85. The van der Waals surface area contributed by atoms with Crippen molar-refractivity contribution in [1.82, 2.24) is 0 Å². The molecular weight excluding hydrogens is 480 g/mol. The molecule has 186 valence electrons. The van der Waals surface area contributed by atoms with Gasteiger partial charge in [-0.1, -0.05) is 151 Å². The van der Waals surface area contributed by atoms with Crippen molar-refractivity contribution in [2.45, 2.75) is 0 Å². The molecule has 0 spiro atoms. The average Bonchev–Trinajstić information content (AvgIpc) is 3.28. The van der Waals surface area contributed by atoms with Crippen LogP contribution in [0.4, 0.5) is 0 Å². The molecule has 0 saturated heterocycles. The molecule has 0 nitrogen and oxygen atoms in total. The van der Waals surface area contributed by atoms with Gasteiger partial charge in [-0.15, -0.1) is 0 Å². The molecule has 8 aromatic carbocycles. The molecule has 0 aliphatic heterocycles. The van der Waals surface area contributed by atoms with Crippen LogP contribution in [0.3, 0.4) is 0 Å². The fraction of sp³-hybridized carbons (Fsp3) is 0. The maximum absolute atomic E-state index is 9.60. The van der Waals surface area contributed by atoms with Gasteiger partial charge in [-0.3, -0.25) is 0 Å². The minimum absolute atomic E-state index is 0.486. The second kappa shape index (κ2) is 9.22. The lowest BCUT2D eigenvalue weighted by Crippen LogP contribution is -1.91. The highest BCUT2D eigenvalue weighted by Crippen LogP contribution is 2.44. The summed E-state index contributed by atoms with van der Waals surface area (Å²) in [6.07, 6.45) is 0. The minimum Gasteiger partial charge on any atom is -0.0622 e. The van der Waals surface area contributed by atoms with Crippen molar-refractivity contribution in [3.8, 4) is 33.4 Å². The Morgan fingerprint density at radius 1 is 0.275 bits per heavy atom. The van der Waals surface area contributed by atoms with E-state index in [1.165, 1.54) is 0 Å². The Labute approximate surface area is 270 Å². The summed E-state index contributed by atoms with van der Waals surface area (Å²) in [5.74, 6) is 0. The molecule has 0 aliphatic carbocycles. The molecule has 0 heteroatoms. The Kier molecular flexibility index (Phi) is 1.99. The zero-order valence-electron chi connectivity index (χ0n) is 46.0. The van der Waals surface area contributed by atoms with Crippen LogP contribution in [0, 0.1) is 0 Å². The standard InChI is InChI=1S/C40H26/c1-2-10-27(11-3-1)28-18-21-30(22-19-28)39-35-14-6-8-16-37(35)40(38-17-9-7-15-36(38)39)32-24-25-34-31(26-32)23-20-29-12-4-5-13-33(29)34/h1-26H/i1D,2D,3D,4D,5D,6D,7D,8D,9D,10D,11D,12D,13D,14D,15D,16D,17D,18D,19D,20D,21D,22D,23D,24D,25D,26D. The monoisotopic (exact) mass is 532 g/mol. The van der Waals surface area contributed by atoms with E-state index < -0.39 is 234 Å². The third-order valence-electron chi connectivity index (χ3n) is 6.31. The number of benzene rings is 8. The zero-order chi connectivity index (χ0) is 49.1. The first kappa shape index (κ1) is 8.65. The molecule has 40 heavy (non-hydrogen) atoms. The van der Waals surface area contributed by atoms with Gasteiger partial charge in [0.15, 0.2) is 0 Å². The fourth-order valence-corrected chi connectivity index (χ4v) is 4.59. The normalized spacial score (nSPS) is 20.6. The van der Waals surface area contributed by atoms with Gasteiger partial charge >= 0.3 is 0 Å². The van der Waals surface area contributed by atoms with Crippen LogP contribution in [0.15, 0.2) is 157 Å². The van der Waals surface area contributed by atoms with Crippen LogP contribution in [0.1, 0.15) is 35.6 Å². The van der Waals surface area contributed by atoms with Gasteiger partial charge in [0.1, 0.15) is 0 Å². The van der Waals surface area contributed by atoms with Crippen molar-refractivity contribution in [2.75, 3.05) is 0 Å². The van der Waals surface area contributed by atoms with Crippen LogP contribution in [0.25, 0.3) is 76.5 Å². The highest BCUT2D eigenvalue weighted by atomic mass is 14.2. The third kappa shape index (κ3) is 3.61. The predicted octanol–water partition coefficient (Wildman–Crippen LogP) is 11.3. The van der Waals surface area contributed by atoms with Crippen LogP contribution in [-0.2, 0) is 0 Å². The van der Waals surface area contributed by atoms with Gasteiger partial charge in [0, 0.05) is 0 Å². The van der Waals surface area contributed by atoms with E-state index >= 15 is 0 Å². The number of hydrogen-bond acceptors (Lipinski definition) is 0. The summed E-state index contributed by atoms with van der Waals surface area (Å²) < 4.78 is 230. The molecule has 0 aromatic heterocycles. The van der Waals surface area contributed by atoms with Gasteiger partial charge in [-0.2, -0.15) is 0 Å². The highest BCUT2D eigenvalue weighted by Gasteiger charge is 2.17. The molecule has 0 aliphatic rings. The van der Waals surface area contributed by atoms with Gasteiger partial charge in [0.25, 0.3) is 0 Å². The minimum atomic E-state index is -1.05. The first-order valence-corrected chi connectivity index (χ1v) is 11.8. The SMILES string of the molecule is [2H]c1c([2H])c([2H])c(-c2c([2H])c([2H])c(-c3c4c([2H])c([2H])c([2H])c([2H])c4c(-c4c([2H])c([2H])c5c(c4[2H])c([2H])c([2H])c4c([2H])c([2H])c([2H])c([2H])c45)c4c([2H])c([2H])c([2H])c([2H])c34)c([2H])c2[2H])c([2H])c1[2H]. The van der Waals surface area contributed by atoms with E-state index in [1.807, 2.05) is 0 Å². The maximum Gasteiger partial charge on any atom is 0.0636 e. The lowest BCUT2D eigenvalue weighted by molar-refractivity contribution is 1.61. The molecule has 0 fully saturated rings. The molecule has 0 heterocycles. The van der Waals surface area contributed by atoms with E-state index in [-0.39, 0.29) is 0 Å². The van der Waals surface area contributed by atoms with Crippen LogP contribution in [0.2, 0.25) is 0 Å². The van der Waals surface area contributed by atoms with Crippen molar-refractivity contribution in [1.29, 1.82) is 0 Å². The Morgan fingerprint density at radius 2 is 0.700 bits per heavy atom. The summed E-state index contributed by atoms with van der Waals surface area (Å²) in [7, 11) is 0. The lowest BCUT2D eigenvalue weighted by Gasteiger charge is -2.18. The molecule has 0 N–H and O–H groups in total. The van der Waals surface area contributed by atoms with Crippen molar-refractivity contribution >= 4 is 43.1 Å². The molecule has 0 saturated carbocycles. The van der Waals surface area contributed by atoms with Gasteiger partial charge in [-0.05, 0) is 82.5 Å². The summed E-state index contributed by atoms with van der Waals surface area (Å²) in [4.78, 5) is 0. The van der Waals surface area contributed by atoms with Crippen molar-refractivity contribution in [2.24, 2.45) is 0 Å². The molecule has 0 atom stereocenters. The van der Waals surface area contributed by atoms with E-state index in [2.05, 4.69) is 0 Å². The Balaban J connectivity index is 1.69. The molecule has 0 bridgehead atoms. The summed E-state index contributed by atoms with van der Waals surface area (Å²) in [6.45, 7) is 0. The van der Waals surface area contributed by atoms with Crippen molar-refractivity contribution in [3.63, 3.8) is 0 Å². The largest absolute Gasteiger partial charge is 0.0636 e. The predicted molar refractivity (Wildman–Crippen MR) is 173 cm³/mol. The summed E-state index contributed by atoms with van der Waals surface area (Å²) in [5, 5.41) is -5.05. The van der Waals surface area contributed by atoms with Crippen molar-refractivity contribution in [3.05, 3.63) is 157 Å². The summed E-state index contributed by atoms with van der Waals surface area (Å²) in [5.41, 5.74) is -4.54. The van der Waals surface area contributed by atoms with Crippen LogP contribution < -0.4 is 0 Å². The average molecular weight is 533 g/mol. The Bertz CT molecular complexity index is 3510. The molecule has 0 unspecified atom stereocenters. The molecule has 0 amide bonds. The van der Waals surface area contributed by atoms with Crippen LogP contribution in [-0.4, -0.2) is 0 Å². The van der Waals surface area contributed by atoms with Gasteiger partial charge in [-0.25, -0.2) is 0 Å². The van der Waals surface area contributed by atoms with Crippen molar-refractivity contribution < 1.29 is 35.6 Å². The Hall–Kier alpha value is -5.20. The second-order valence-corrected chi connectivity index (χ2v) is 8.50. The van der Waals surface area contributed by atoms with E-state index in [9.17, 15) is 12.3 Å². The summed E-state index contributed by atoms with van der Waals surface area (Å²) in [6, 6.07) is -23.9. The first-order chi connectivity index (χ1) is 30.7. The highest BCUT2D eigenvalue weighted by molar-refractivity contribution is 6.22. The number of fused-ring (bicyclic) bond motifs is 5. The third-order valence-corrected chi connectivity index (χ3v) is 6.31. The topological polar surface area (TPSA) is 0 Å². The summed E-state index contributed by atoms with van der Waals surface area (Å²) >= 11 is 0. The molecule has 8 rings (SSSR count). The quantitative estimate of drug-likeness (QED) is 0.157. The van der Waals surface area contributed by atoms with Gasteiger partial charge in [0.2, 0.25) is 0 Å².